The normalized spacial score (nSPS) is 10.6. The van der Waals surface area contributed by atoms with Gasteiger partial charge in [-0.15, -0.1) is 22.9 Å². The fourth-order valence-corrected chi connectivity index (χ4v) is 2.15. The minimum atomic E-state index is 0.451. The molecule has 68 valence electrons. The average Bonchev–Trinajstić information content (AvgIpc) is 2.71. The first-order valence-electron chi connectivity index (χ1n) is 3.65. The van der Waals surface area contributed by atoms with Crippen molar-refractivity contribution < 1.29 is 0 Å². The van der Waals surface area contributed by atoms with Crippen LogP contribution in [0, 0.1) is 0 Å². The lowest BCUT2D eigenvalue weighted by Crippen LogP contribution is -1.73. The average molecular weight is 233 g/mol. The van der Waals surface area contributed by atoms with Crippen molar-refractivity contribution in [3.05, 3.63) is 28.2 Å². The van der Waals surface area contributed by atoms with Crippen LogP contribution in [0.5, 0.6) is 0 Å². The van der Waals surface area contributed by atoms with E-state index in [1.54, 1.807) is 0 Å². The fourth-order valence-electron chi connectivity index (χ4n) is 1.01. The molecule has 0 saturated heterocycles. The molecule has 0 bridgehead atoms. The van der Waals surface area contributed by atoms with Crippen molar-refractivity contribution in [1.82, 2.24) is 10.2 Å². The molecule has 0 aliphatic heterocycles. The second-order valence-electron chi connectivity index (χ2n) is 2.52. The lowest BCUT2D eigenvalue weighted by molar-refractivity contribution is 1.04. The Labute approximate surface area is 89.5 Å². The first kappa shape index (κ1) is 9.06. The van der Waals surface area contributed by atoms with Gasteiger partial charge in [0, 0.05) is 0 Å². The minimum Gasteiger partial charge on any atom is -0.281 e. The number of aromatic amines is 1. The van der Waals surface area contributed by atoms with E-state index in [-0.39, 0.29) is 0 Å². The SMILES string of the molecule is ClCc1cc(-c2ccc(Cl)s2)n[nH]1. The molecular weight excluding hydrogens is 227 g/mol. The van der Waals surface area contributed by atoms with Crippen molar-refractivity contribution in [3.63, 3.8) is 0 Å². The molecule has 13 heavy (non-hydrogen) atoms. The van der Waals surface area contributed by atoms with Gasteiger partial charge in [-0.25, -0.2) is 0 Å². The van der Waals surface area contributed by atoms with Crippen LogP contribution < -0.4 is 0 Å². The summed E-state index contributed by atoms with van der Waals surface area (Å²) < 4.78 is 0.769. The number of halogens is 2. The first-order chi connectivity index (χ1) is 6.29. The molecule has 2 aromatic rings. The Hall–Kier alpha value is -0.510. The first-order valence-corrected chi connectivity index (χ1v) is 5.38. The van der Waals surface area contributed by atoms with E-state index in [1.165, 1.54) is 11.3 Å². The topological polar surface area (TPSA) is 28.7 Å². The zero-order valence-corrected chi connectivity index (χ0v) is 8.88. The Bertz CT molecular complexity index is 408. The molecule has 5 heteroatoms. The van der Waals surface area contributed by atoms with Gasteiger partial charge >= 0.3 is 0 Å². The van der Waals surface area contributed by atoms with Crippen LogP contribution in [0.1, 0.15) is 5.69 Å². The van der Waals surface area contributed by atoms with Crippen molar-refractivity contribution >= 4 is 34.5 Å². The van der Waals surface area contributed by atoms with Crippen molar-refractivity contribution in [3.8, 4) is 10.6 Å². The zero-order valence-electron chi connectivity index (χ0n) is 6.55. The predicted molar refractivity (Wildman–Crippen MR) is 56.5 cm³/mol. The summed E-state index contributed by atoms with van der Waals surface area (Å²) in [7, 11) is 0. The van der Waals surface area contributed by atoms with Gasteiger partial charge in [-0.05, 0) is 18.2 Å². The molecule has 0 unspecified atom stereocenters. The summed E-state index contributed by atoms with van der Waals surface area (Å²) >= 11 is 12.9. The van der Waals surface area contributed by atoms with Crippen LogP contribution in [-0.4, -0.2) is 10.2 Å². The molecule has 0 saturated carbocycles. The largest absolute Gasteiger partial charge is 0.281 e. The third-order valence-corrected chi connectivity index (χ3v) is 3.14. The number of nitrogens with one attached hydrogen (secondary N) is 1. The lowest BCUT2D eigenvalue weighted by Gasteiger charge is -1.84. The van der Waals surface area contributed by atoms with Gasteiger partial charge in [-0.2, -0.15) is 5.10 Å². The van der Waals surface area contributed by atoms with Gasteiger partial charge < -0.3 is 0 Å². The van der Waals surface area contributed by atoms with Crippen LogP contribution in [0.2, 0.25) is 4.34 Å². The van der Waals surface area contributed by atoms with Crippen LogP contribution in [0.25, 0.3) is 10.6 Å². The molecular formula is C8H6Cl2N2S. The molecule has 2 heterocycles. The Morgan fingerprint density at radius 2 is 2.31 bits per heavy atom. The maximum atomic E-state index is 5.81. The monoisotopic (exact) mass is 232 g/mol. The maximum Gasteiger partial charge on any atom is 0.102 e. The number of rotatable bonds is 2. The smallest absolute Gasteiger partial charge is 0.102 e. The molecule has 0 fully saturated rings. The standard InChI is InChI=1S/C8H6Cl2N2S/c9-4-5-3-6(12-11-5)7-1-2-8(10)13-7/h1-3H,4H2,(H,11,12). The molecule has 0 aliphatic rings. The van der Waals surface area contributed by atoms with E-state index in [1.807, 2.05) is 18.2 Å². The van der Waals surface area contributed by atoms with Gasteiger partial charge in [0.1, 0.15) is 5.69 Å². The van der Waals surface area contributed by atoms with E-state index in [0.717, 1.165) is 20.6 Å². The summed E-state index contributed by atoms with van der Waals surface area (Å²) in [5.74, 6) is 0.451. The number of H-pyrrole nitrogens is 1. The molecule has 0 atom stereocenters. The Morgan fingerprint density at radius 3 is 2.85 bits per heavy atom. The molecule has 1 N–H and O–H groups in total. The van der Waals surface area contributed by atoms with E-state index < -0.39 is 0 Å². The van der Waals surface area contributed by atoms with Crippen LogP contribution in [0.3, 0.4) is 0 Å². The Morgan fingerprint density at radius 1 is 1.46 bits per heavy atom. The molecule has 2 nitrogen and oxygen atoms in total. The van der Waals surface area contributed by atoms with E-state index in [4.69, 9.17) is 23.2 Å². The summed E-state index contributed by atoms with van der Waals surface area (Å²) in [6.07, 6.45) is 0. The highest BCUT2D eigenvalue weighted by Gasteiger charge is 2.05. The maximum absolute atomic E-state index is 5.81. The highest BCUT2D eigenvalue weighted by Crippen LogP contribution is 2.29. The summed E-state index contributed by atoms with van der Waals surface area (Å²) in [6, 6.07) is 5.73. The van der Waals surface area contributed by atoms with E-state index in [0.29, 0.717) is 5.88 Å². The molecule has 0 aliphatic carbocycles. The van der Waals surface area contributed by atoms with Gasteiger partial charge in [0.25, 0.3) is 0 Å². The third kappa shape index (κ3) is 1.88. The van der Waals surface area contributed by atoms with Gasteiger partial charge in [-0.3, -0.25) is 5.10 Å². The number of thiophene rings is 1. The number of alkyl halides is 1. The van der Waals surface area contributed by atoms with Crippen molar-refractivity contribution in [2.24, 2.45) is 0 Å². The highest BCUT2D eigenvalue weighted by atomic mass is 35.5. The summed E-state index contributed by atoms with van der Waals surface area (Å²) in [5.41, 5.74) is 1.81. The predicted octanol–water partition coefficient (Wildman–Crippen LogP) is 3.53. The van der Waals surface area contributed by atoms with Gasteiger partial charge in [0.15, 0.2) is 0 Å². The zero-order chi connectivity index (χ0) is 9.26. The quantitative estimate of drug-likeness (QED) is 0.789. The number of hydrogen-bond acceptors (Lipinski definition) is 2. The van der Waals surface area contributed by atoms with Crippen LogP contribution >= 0.6 is 34.5 Å². The second-order valence-corrected chi connectivity index (χ2v) is 4.50. The summed E-state index contributed by atoms with van der Waals surface area (Å²) in [6.45, 7) is 0. The van der Waals surface area contributed by atoms with Crippen LogP contribution in [-0.2, 0) is 5.88 Å². The van der Waals surface area contributed by atoms with E-state index >= 15 is 0 Å². The third-order valence-electron chi connectivity index (χ3n) is 1.60. The highest BCUT2D eigenvalue weighted by molar-refractivity contribution is 7.19. The van der Waals surface area contributed by atoms with Crippen molar-refractivity contribution in [2.45, 2.75) is 5.88 Å². The van der Waals surface area contributed by atoms with Gasteiger partial charge in [0.05, 0.1) is 20.8 Å². The molecule has 2 rings (SSSR count). The molecule has 0 amide bonds. The molecule has 0 aromatic carbocycles. The van der Waals surface area contributed by atoms with Gasteiger partial charge in [0.2, 0.25) is 0 Å². The minimum absolute atomic E-state index is 0.451. The summed E-state index contributed by atoms with van der Waals surface area (Å²) in [4.78, 5) is 1.05. The molecule has 0 spiro atoms. The molecule has 0 radical (unpaired) electrons. The lowest BCUT2D eigenvalue weighted by atomic mass is 10.3. The second kappa shape index (κ2) is 3.70. The van der Waals surface area contributed by atoms with E-state index in [2.05, 4.69) is 10.2 Å². The fraction of sp³-hybridized carbons (Fsp3) is 0.125. The molecule has 2 aromatic heterocycles. The van der Waals surface area contributed by atoms with Crippen LogP contribution in [0.4, 0.5) is 0 Å². The summed E-state index contributed by atoms with van der Waals surface area (Å²) in [5, 5.41) is 6.96. The van der Waals surface area contributed by atoms with Gasteiger partial charge in [-0.1, -0.05) is 11.6 Å². The number of nitrogens with zero attached hydrogens (tertiary/aromatic N) is 1. The number of hydrogen-bond donors (Lipinski definition) is 1. The van der Waals surface area contributed by atoms with Crippen molar-refractivity contribution in [1.29, 1.82) is 0 Å². The Balaban J connectivity index is 2.35. The Kier molecular flexibility index (Phi) is 2.58. The van der Waals surface area contributed by atoms with E-state index in [9.17, 15) is 0 Å². The van der Waals surface area contributed by atoms with Crippen LogP contribution in [0.15, 0.2) is 18.2 Å². The van der Waals surface area contributed by atoms with Crippen molar-refractivity contribution in [2.75, 3.05) is 0 Å². The number of aromatic nitrogens is 2.